The van der Waals surface area contributed by atoms with Crippen LogP contribution < -0.4 is 11.1 Å². The summed E-state index contributed by atoms with van der Waals surface area (Å²) in [6.45, 7) is 6.03. The van der Waals surface area contributed by atoms with E-state index in [-0.39, 0.29) is 11.3 Å². The van der Waals surface area contributed by atoms with Crippen molar-refractivity contribution < 1.29 is 18.7 Å². The summed E-state index contributed by atoms with van der Waals surface area (Å²) in [7, 11) is 0. The Morgan fingerprint density at radius 3 is 2.57 bits per heavy atom. The number of nitrogens with two attached hydrogens (primary N) is 1. The molecule has 0 fully saturated rings. The van der Waals surface area contributed by atoms with Crippen molar-refractivity contribution in [1.29, 1.82) is 0 Å². The van der Waals surface area contributed by atoms with E-state index in [2.05, 4.69) is 5.32 Å². The van der Waals surface area contributed by atoms with Crippen LogP contribution in [0.5, 0.6) is 0 Å². The predicted octanol–water partition coefficient (Wildman–Crippen LogP) is 2.12. The first kappa shape index (κ1) is 16.9. The fourth-order valence-electron chi connectivity index (χ4n) is 1.60. The number of ether oxygens (including phenoxy) is 1. The van der Waals surface area contributed by atoms with Gasteiger partial charge in [-0.15, -0.1) is 0 Å². The molecule has 1 aromatic rings. The van der Waals surface area contributed by atoms with E-state index >= 15 is 0 Å². The molecule has 0 aliphatic heterocycles. The van der Waals surface area contributed by atoms with Crippen LogP contribution in [0.2, 0.25) is 0 Å². The number of hydrogen-bond donors (Lipinski definition) is 2. The predicted molar refractivity (Wildman–Crippen MR) is 78.2 cm³/mol. The van der Waals surface area contributed by atoms with E-state index in [0.717, 1.165) is 12.5 Å². The fourth-order valence-corrected chi connectivity index (χ4v) is 1.60. The highest BCUT2D eigenvalue weighted by Gasteiger charge is 2.20. The summed E-state index contributed by atoms with van der Waals surface area (Å²) in [5.41, 5.74) is 5.37. The lowest BCUT2D eigenvalue weighted by Crippen LogP contribution is -2.36. The van der Waals surface area contributed by atoms with Gasteiger partial charge in [0.2, 0.25) is 0 Å². The quantitative estimate of drug-likeness (QED) is 0.622. The molecular weight excluding hydrogens is 275 g/mol. The van der Waals surface area contributed by atoms with Crippen molar-refractivity contribution in [2.24, 2.45) is 5.92 Å². The molecular formula is C15H21FN2O3. The molecule has 0 bridgehead atoms. The highest BCUT2D eigenvalue weighted by atomic mass is 19.1. The van der Waals surface area contributed by atoms with Crippen LogP contribution in [0.3, 0.4) is 0 Å². The lowest BCUT2D eigenvalue weighted by Gasteiger charge is -2.14. The Bertz CT molecular complexity index is 518. The second-order valence-electron chi connectivity index (χ2n) is 5.26. The van der Waals surface area contributed by atoms with Gasteiger partial charge in [0, 0.05) is 12.2 Å². The Hall–Kier alpha value is -2.11. The topological polar surface area (TPSA) is 81.4 Å². The van der Waals surface area contributed by atoms with Crippen LogP contribution in [0.4, 0.5) is 10.1 Å². The largest absolute Gasteiger partial charge is 0.449 e. The van der Waals surface area contributed by atoms with Crippen LogP contribution in [0.1, 0.15) is 37.6 Å². The summed E-state index contributed by atoms with van der Waals surface area (Å²) in [5, 5.41) is 2.66. The zero-order valence-corrected chi connectivity index (χ0v) is 12.5. The third-order valence-corrected chi connectivity index (χ3v) is 2.89. The Morgan fingerprint density at radius 1 is 1.33 bits per heavy atom. The van der Waals surface area contributed by atoms with Crippen molar-refractivity contribution in [3.05, 3.63) is 29.6 Å². The lowest BCUT2D eigenvalue weighted by atomic mass is 10.1. The Kier molecular flexibility index (Phi) is 6.14. The van der Waals surface area contributed by atoms with Crippen molar-refractivity contribution in [1.82, 2.24) is 5.32 Å². The molecule has 0 aromatic heterocycles. The average molecular weight is 296 g/mol. The van der Waals surface area contributed by atoms with Crippen LogP contribution in [-0.2, 0) is 9.53 Å². The minimum atomic E-state index is -0.985. The van der Waals surface area contributed by atoms with Crippen LogP contribution in [-0.4, -0.2) is 24.5 Å². The minimum absolute atomic E-state index is 0.212. The van der Waals surface area contributed by atoms with Crippen molar-refractivity contribution in [2.45, 2.75) is 33.3 Å². The highest BCUT2D eigenvalue weighted by molar-refractivity contribution is 5.92. The maximum Gasteiger partial charge on any atom is 0.341 e. The van der Waals surface area contributed by atoms with E-state index in [1.54, 1.807) is 0 Å². The maximum atomic E-state index is 13.6. The Labute approximate surface area is 123 Å². The third-order valence-electron chi connectivity index (χ3n) is 2.89. The number of carbonyl (C=O) groups excluding carboxylic acids is 2. The molecule has 1 unspecified atom stereocenters. The van der Waals surface area contributed by atoms with Crippen LogP contribution in [0.15, 0.2) is 18.2 Å². The van der Waals surface area contributed by atoms with Crippen LogP contribution >= 0.6 is 0 Å². The van der Waals surface area contributed by atoms with E-state index in [0.29, 0.717) is 12.5 Å². The number of halogens is 1. The molecule has 0 heterocycles. The fraction of sp³-hybridized carbons (Fsp3) is 0.467. The van der Waals surface area contributed by atoms with Crippen molar-refractivity contribution in [3.63, 3.8) is 0 Å². The summed E-state index contributed by atoms with van der Waals surface area (Å²) < 4.78 is 18.5. The van der Waals surface area contributed by atoms with Gasteiger partial charge in [0.15, 0.2) is 6.10 Å². The molecule has 3 N–H and O–H groups in total. The molecule has 5 nitrogen and oxygen atoms in total. The Morgan fingerprint density at radius 2 is 2.00 bits per heavy atom. The standard InChI is InChI=1S/C15H21FN2O3/c1-9(2)6-7-18-14(19)10(3)21-15(20)12-5-4-11(17)8-13(12)16/h4-5,8-10H,6-7,17H2,1-3H3,(H,18,19). The van der Waals surface area contributed by atoms with E-state index in [4.69, 9.17) is 10.5 Å². The molecule has 1 amide bonds. The number of nitrogens with one attached hydrogen (secondary N) is 1. The van der Waals surface area contributed by atoms with Gasteiger partial charge in [0.25, 0.3) is 5.91 Å². The summed E-state index contributed by atoms with van der Waals surface area (Å²) in [5.74, 6) is -1.60. The molecule has 1 atom stereocenters. The van der Waals surface area contributed by atoms with E-state index in [1.165, 1.54) is 19.1 Å². The van der Waals surface area contributed by atoms with Gasteiger partial charge in [-0.3, -0.25) is 4.79 Å². The number of amides is 1. The molecule has 1 aromatic carbocycles. The number of esters is 1. The number of rotatable bonds is 6. The average Bonchev–Trinajstić information content (AvgIpc) is 2.37. The van der Waals surface area contributed by atoms with Gasteiger partial charge in [-0.25, -0.2) is 9.18 Å². The van der Waals surface area contributed by atoms with Crippen LogP contribution in [0, 0.1) is 11.7 Å². The smallest absolute Gasteiger partial charge is 0.341 e. The molecule has 0 spiro atoms. The van der Waals surface area contributed by atoms with Gasteiger partial charge in [-0.1, -0.05) is 13.8 Å². The van der Waals surface area contributed by atoms with Gasteiger partial charge in [0.1, 0.15) is 5.82 Å². The number of anilines is 1. The summed E-state index contributed by atoms with van der Waals surface area (Å²) in [6.07, 6.45) is -0.152. The van der Waals surface area contributed by atoms with E-state index in [1.807, 2.05) is 13.8 Å². The zero-order valence-electron chi connectivity index (χ0n) is 12.5. The second kappa shape index (κ2) is 7.61. The lowest BCUT2D eigenvalue weighted by molar-refractivity contribution is -0.129. The molecule has 1 rings (SSSR count). The Balaban J connectivity index is 2.55. The van der Waals surface area contributed by atoms with Crippen LogP contribution in [0.25, 0.3) is 0 Å². The molecule has 0 radical (unpaired) electrons. The minimum Gasteiger partial charge on any atom is -0.449 e. The van der Waals surface area contributed by atoms with Gasteiger partial charge >= 0.3 is 5.97 Å². The first-order chi connectivity index (χ1) is 9.81. The van der Waals surface area contributed by atoms with Crippen molar-refractivity contribution >= 4 is 17.6 Å². The third kappa shape index (κ3) is 5.41. The molecule has 0 aliphatic rings. The first-order valence-corrected chi connectivity index (χ1v) is 6.85. The molecule has 6 heteroatoms. The molecule has 0 aliphatic carbocycles. The van der Waals surface area contributed by atoms with E-state index < -0.39 is 23.8 Å². The number of hydrogen-bond acceptors (Lipinski definition) is 4. The van der Waals surface area contributed by atoms with Gasteiger partial charge < -0.3 is 15.8 Å². The van der Waals surface area contributed by atoms with Gasteiger partial charge in [-0.05, 0) is 37.5 Å². The number of carbonyl (C=O) groups is 2. The highest BCUT2D eigenvalue weighted by Crippen LogP contribution is 2.13. The number of nitrogen functional groups attached to an aromatic ring is 1. The van der Waals surface area contributed by atoms with Gasteiger partial charge in [0.05, 0.1) is 5.56 Å². The first-order valence-electron chi connectivity index (χ1n) is 6.85. The molecule has 0 saturated heterocycles. The molecule has 0 saturated carbocycles. The van der Waals surface area contributed by atoms with Gasteiger partial charge in [-0.2, -0.15) is 0 Å². The second-order valence-corrected chi connectivity index (χ2v) is 5.26. The summed E-state index contributed by atoms with van der Waals surface area (Å²) >= 11 is 0. The number of benzene rings is 1. The zero-order chi connectivity index (χ0) is 16.0. The molecule has 116 valence electrons. The maximum absolute atomic E-state index is 13.6. The SMILES string of the molecule is CC(C)CCNC(=O)C(C)OC(=O)c1ccc(N)cc1F. The van der Waals surface area contributed by atoms with E-state index in [9.17, 15) is 14.0 Å². The van der Waals surface area contributed by atoms with Crippen molar-refractivity contribution in [3.8, 4) is 0 Å². The van der Waals surface area contributed by atoms with Crippen molar-refractivity contribution in [2.75, 3.05) is 12.3 Å². The summed E-state index contributed by atoms with van der Waals surface area (Å²) in [6, 6.07) is 3.66. The summed E-state index contributed by atoms with van der Waals surface area (Å²) in [4.78, 5) is 23.5. The molecule has 21 heavy (non-hydrogen) atoms. The monoisotopic (exact) mass is 296 g/mol. The normalized spacial score (nSPS) is 12.0.